The topological polar surface area (TPSA) is 100 Å². The van der Waals surface area contributed by atoms with Crippen molar-refractivity contribution in [2.75, 3.05) is 19.1 Å². The number of hydrogen-bond acceptors (Lipinski definition) is 6. The van der Waals surface area contributed by atoms with Crippen LogP contribution in [0.5, 0.6) is 11.5 Å². The molecule has 0 aliphatic carbocycles. The molecule has 4 atom stereocenters. The van der Waals surface area contributed by atoms with Gasteiger partial charge in [-0.2, -0.15) is 0 Å². The van der Waals surface area contributed by atoms with Crippen LogP contribution in [0.2, 0.25) is 0 Å². The SMILES string of the molecule is CNC(C(=O)NC1C(=O)N(Cc2c(OC)ccc3cc(Br)ccc23)c2ccc(C)cc2OC1C)C(C)O. The van der Waals surface area contributed by atoms with Crippen molar-refractivity contribution in [2.24, 2.45) is 0 Å². The molecule has 0 saturated heterocycles. The van der Waals surface area contributed by atoms with E-state index in [2.05, 4.69) is 26.6 Å². The van der Waals surface area contributed by atoms with Gasteiger partial charge in [0.15, 0.2) is 0 Å². The Morgan fingerprint density at radius 2 is 1.97 bits per heavy atom. The van der Waals surface area contributed by atoms with Gasteiger partial charge in [-0.15, -0.1) is 0 Å². The molecule has 196 valence electrons. The molecule has 0 spiro atoms. The Hall–Kier alpha value is -3.14. The number of rotatable bonds is 7. The molecule has 37 heavy (non-hydrogen) atoms. The highest BCUT2D eigenvalue weighted by Crippen LogP contribution is 2.38. The third-order valence-electron chi connectivity index (χ3n) is 6.68. The molecule has 0 aromatic heterocycles. The number of nitrogens with one attached hydrogen (secondary N) is 2. The van der Waals surface area contributed by atoms with E-state index >= 15 is 0 Å². The van der Waals surface area contributed by atoms with Gasteiger partial charge in [0.1, 0.15) is 29.7 Å². The number of aryl methyl sites for hydroxylation is 1. The molecular formula is C28H32BrN3O5. The molecule has 9 heteroatoms. The molecule has 0 bridgehead atoms. The van der Waals surface area contributed by atoms with Crippen LogP contribution in [0.25, 0.3) is 10.8 Å². The molecule has 3 N–H and O–H groups in total. The van der Waals surface area contributed by atoms with Gasteiger partial charge in [-0.3, -0.25) is 9.59 Å². The number of benzene rings is 3. The number of anilines is 1. The van der Waals surface area contributed by atoms with Gasteiger partial charge in [-0.25, -0.2) is 0 Å². The summed E-state index contributed by atoms with van der Waals surface area (Å²) >= 11 is 3.53. The number of hydrogen-bond donors (Lipinski definition) is 3. The second-order valence-electron chi connectivity index (χ2n) is 9.32. The van der Waals surface area contributed by atoms with Crippen LogP contribution >= 0.6 is 15.9 Å². The van der Waals surface area contributed by atoms with Crippen LogP contribution in [-0.2, 0) is 16.1 Å². The van der Waals surface area contributed by atoms with Crippen molar-refractivity contribution in [3.8, 4) is 11.5 Å². The largest absolute Gasteiger partial charge is 0.496 e. The predicted octanol–water partition coefficient (Wildman–Crippen LogP) is 3.69. The third-order valence-corrected chi connectivity index (χ3v) is 7.17. The lowest BCUT2D eigenvalue weighted by molar-refractivity contribution is -0.131. The van der Waals surface area contributed by atoms with Crippen molar-refractivity contribution < 1.29 is 24.2 Å². The minimum atomic E-state index is -0.982. The highest BCUT2D eigenvalue weighted by molar-refractivity contribution is 9.10. The van der Waals surface area contributed by atoms with Crippen molar-refractivity contribution in [3.05, 3.63) is 64.1 Å². The Kier molecular flexibility index (Phi) is 8.06. The minimum absolute atomic E-state index is 0.200. The number of nitrogens with zero attached hydrogens (tertiary/aromatic N) is 1. The van der Waals surface area contributed by atoms with E-state index in [1.807, 2.05) is 55.5 Å². The summed E-state index contributed by atoms with van der Waals surface area (Å²) in [5, 5.41) is 17.6. The van der Waals surface area contributed by atoms with Crippen LogP contribution in [0.3, 0.4) is 0 Å². The molecule has 1 heterocycles. The molecule has 0 fully saturated rings. The highest BCUT2D eigenvalue weighted by Gasteiger charge is 2.39. The monoisotopic (exact) mass is 569 g/mol. The fraction of sp³-hybridized carbons (Fsp3) is 0.357. The normalized spacial score (nSPS) is 19.0. The van der Waals surface area contributed by atoms with E-state index in [4.69, 9.17) is 9.47 Å². The number of methoxy groups -OCH3 is 1. The van der Waals surface area contributed by atoms with E-state index in [0.29, 0.717) is 17.2 Å². The fourth-order valence-electron chi connectivity index (χ4n) is 4.73. The number of amides is 2. The molecule has 8 nitrogen and oxygen atoms in total. The Morgan fingerprint density at radius 3 is 2.65 bits per heavy atom. The molecule has 0 radical (unpaired) electrons. The summed E-state index contributed by atoms with van der Waals surface area (Å²) in [6.45, 7) is 5.43. The average molecular weight is 570 g/mol. The van der Waals surface area contributed by atoms with E-state index in [-0.39, 0.29) is 12.5 Å². The molecular weight excluding hydrogens is 538 g/mol. The number of ether oxygens (including phenoxy) is 2. The Morgan fingerprint density at radius 1 is 1.22 bits per heavy atom. The summed E-state index contributed by atoms with van der Waals surface area (Å²) in [5.74, 6) is 0.403. The zero-order valence-corrected chi connectivity index (χ0v) is 23.1. The lowest BCUT2D eigenvalue weighted by Crippen LogP contribution is -2.59. The Bertz CT molecular complexity index is 1330. The summed E-state index contributed by atoms with van der Waals surface area (Å²) in [6.07, 6.45) is -1.60. The quantitative estimate of drug-likeness (QED) is 0.401. The molecule has 1 aliphatic rings. The second-order valence-corrected chi connectivity index (χ2v) is 10.2. The molecule has 3 aromatic carbocycles. The summed E-state index contributed by atoms with van der Waals surface area (Å²) in [6, 6.07) is 13.6. The van der Waals surface area contributed by atoms with Gasteiger partial charge in [0.25, 0.3) is 5.91 Å². The van der Waals surface area contributed by atoms with Gasteiger partial charge in [0.2, 0.25) is 5.91 Å². The molecule has 2 amide bonds. The first-order chi connectivity index (χ1) is 17.6. The van der Waals surface area contributed by atoms with Crippen LogP contribution in [0.15, 0.2) is 53.0 Å². The number of aliphatic hydroxyl groups excluding tert-OH is 1. The Balaban J connectivity index is 1.81. The maximum atomic E-state index is 14.1. The van der Waals surface area contributed by atoms with Crippen molar-refractivity contribution in [1.82, 2.24) is 10.6 Å². The smallest absolute Gasteiger partial charge is 0.253 e. The van der Waals surface area contributed by atoms with Crippen LogP contribution in [0, 0.1) is 6.92 Å². The summed E-state index contributed by atoms with van der Waals surface area (Å²) in [5.41, 5.74) is 2.43. The summed E-state index contributed by atoms with van der Waals surface area (Å²) in [7, 11) is 3.19. The zero-order valence-electron chi connectivity index (χ0n) is 21.5. The number of carbonyl (C=O) groups excluding carboxylic acids is 2. The van der Waals surface area contributed by atoms with Crippen LogP contribution < -0.4 is 25.0 Å². The third kappa shape index (κ3) is 5.44. The standard InChI is InChI=1S/C28H32BrN3O5/c1-15-6-10-22-24(12-15)37-17(3)26(31-27(34)25(30-4)16(2)33)28(35)32(22)14-21-20-9-8-19(29)13-18(20)7-11-23(21)36-5/h6-13,16-17,25-26,30,33H,14H2,1-5H3,(H,31,34). The van der Waals surface area contributed by atoms with E-state index in [1.54, 1.807) is 26.0 Å². The summed E-state index contributed by atoms with van der Waals surface area (Å²) in [4.78, 5) is 28.8. The van der Waals surface area contributed by atoms with E-state index in [1.165, 1.54) is 6.92 Å². The van der Waals surface area contributed by atoms with Gasteiger partial charge in [0, 0.05) is 10.0 Å². The molecule has 3 aromatic rings. The zero-order chi connectivity index (χ0) is 26.9. The van der Waals surface area contributed by atoms with Gasteiger partial charge < -0.3 is 30.1 Å². The number of aliphatic hydroxyl groups is 1. The molecule has 4 rings (SSSR count). The maximum Gasteiger partial charge on any atom is 0.253 e. The predicted molar refractivity (Wildman–Crippen MR) is 147 cm³/mol. The van der Waals surface area contributed by atoms with Crippen molar-refractivity contribution in [3.63, 3.8) is 0 Å². The van der Waals surface area contributed by atoms with Gasteiger partial charge >= 0.3 is 0 Å². The van der Waals surface area contributed by atoms with Crippen LogP contribution in [-0.4, -0.2) is 55.4 Å². The van der Waals surface area contributed by atoms with Crippen LogP contribution in [0.4, 0.5) is 5.69 Å². The van der Waals surface area contributed by atoms with Gasteiger partial charge in [-0.1, -0.05) is 34.1 Å². The maximum absolute atomic E-state index is 14.1. The van der Waals surface area contributed by atoms with Crippen LogP contribution in [0.1, 0.15) is 25.0 Å². The average Bonchev–Trinajstić information content (AvgIpc) is 2.94. The first-order valence-electron chi connectivity index (χ1n) is 12.1. The number of halogens is 1. The second kappa shape index (κ2) is 11.1. The first-order valence-corrected chi connectivity index (χ1v) is 12.9. The highest BCUT2D eigenvalue weighted by atomic mass is 79.9. The molecule has 1 aliphatic heterocycles. The van der Waals surface area contributed by atoms with E-state index in [0.717, 1.165) is 26.4 Å². The molecule has 4 unspecified atom stereocenters. The lowest BCUT2D eigenvalue weighted by Gasteiger charge is -2.29. The van der Waals surface area contributed by atoms with Gasteiger partial charge in [0.05, 0.1) is 25.4 Å². The Labute approximate surface area is 225 Å². The fourth-order valence-corrected chi connectivity index (χ4v) is 5.11. The van der Waals surface area contributed by atoms with E-state index < -0.39 is 30.2 Å². The lowest BCUT2D eigenvalue weighted by atomic mass is 10.0. The number of carbonyl (C=O) groups is 2. The van der Waals surface area contributed by atoms with Crippen molar-refractivity contribution in [1.29, 1.82) is 0 Å². The number of likely N-dealkylation sites (N-methyl/N-ethyl adjacent to an activating group) is 1. The van der Waals surface area contributed by atoms with Gasteiger partial charge in [-0.05, 0) is 74.5 Å². The van der Waals surface area contributed by atoms with Crippen molar-refractivity contribution in [2.45, 2.75) is 51.6 Å². The van der Waals surface area contributed by atoms with Crippen molar-refractivity contribution >= 4 is 44.2 Å². The minimum Gasteiger partial charge on any atom is -0.496 e. The molecule has 0 saturated carbocycles. The number of fused-ring (bicyclic) bond motifs is 2. The first kappa shape index (κ1) is 26.9. The summed E-state index contributed by atoms with van der Waals surface area (Å²) < 4.78 is 12.9. The van der Waals surface area contributed by atoms with E-state index in [9.17, 15) is 14.7 Å².